The number of carbonyl (C=O) groups is 1. The number of methoxy groups -OCH3 is 1. The maximum atomic E-state index is 11.6. The Morgan fingerprint density at radius 3 is 2.67 bits per heavy atom. The molecule has 0 amide bonds. The van der Waals surface area contributed by atoms with Crippen molar-refractivity contribution in [2.45, 2.75) is 26.2 Å². The predicted molar refractivity (Wildman–Crippen MR) is 106 cm³/mol. The number of rotatable bonds is 4. The van der Waals surface area contributed by atoms with Gasteiger partial charge in [-0.1, -0.05) is 6.07 Å². The molecular formula is C17H27IN4O2. The van der Waals surface area contributed by atoms with Crippen LogP contribution in [0.4, 0.5) is 0 Å². The van der Waals surface area contributed by atoms with Gasteiger partial charge in [-0.3, -0.25) is 14.8 Å². The molecule has 0 spiro atoms. The summed E-state index contributed by atoms with van der Waals surface area (Å²) in [5.74, 6) is 0.820. The van der Waals surface area contributed by atoms with Crippen LogP contribution in [0.5, 0.6) is 0 Å². The molecule has 7 heteroatoms. The van der Waals surface area contributed by atoms with Crippen LogP contribution in [0.1, 0.15) is 24.1 Å². The number of aliphatic imine (C=N–C) groups is 1. The number of nitrogens with zero attached hydrogens (tertiary/aromatic N) is 3. The first kappa shape index (κ1) is 20.7. The van der Waals surface area contributed by atoms with E-state index in [1.54, 1.807) is 7.05 Å². The molecule has 1 aliphatic rings. The number of pyridine rings is 1. The molecule has 1 fully saturated rings. The number of guanidine groups is 1. The fourth-order valence-electron chi connectivity index (χ4n) is 2.79. The Morgan fingerprint density at radius 2 is 2.12 bits per heavy atom. The summed E-state index contributed by atoms with van der Waals surface area (Å²) in [6.07, 6.45) is 4.46. The van der Waals surface area contributed by atoms with Gasteiger partial charge in [0.15, 0.2) is 5.96 Å². The van der Waals surface area contributed by atoms with E-state index in [2.05, 4.69) is 26.3 Å². The molecule has 24 heavy (non-hydrogen) atoms. The smallest absolute Gasteiger partial charge is 0.308 e. The topological polar surface area (TPSA) is 66.8 Å². The average molecular weight is 446 g/mol. The van der Waals surface area contributed by atoms with Crippen LogP contribution in [0.15, 0.2) is 23.3 Å². The molecule has 1 aromatic heterocycles. The molecule has 6 nitrogen and oxygen atoms in total. The van der Waals surface area contributed by atoms with E-state index in [0.29, 0.717) is 0 Å². The normalized spacial score (nSPS) is 15.6. The molecule has 2 heterocycles. The lowest BCUT2D eigenvalue weighted by Crippen LogP contribution is -2.47. The number of likely N-dealkylation sites (tertiary alicyclic amines) is 1. The number of nitrogens with one attached hydrogen (secondary N) is 1. The van der Waals surface area contributed by atoms with Crippen LogP contribution < -0.4 is 5.32 Å². The zero-order chi connectivity index (χ0) is 16.7. The summed E-state index contributed by atoms with van der Waals surface area (Å²) in [6, 6.07) is 4.14. The molecule has 0 bridgehead atoms. The lowest BCUT2D eigenvalue weighted by molar-refractivity contribution is -0.146. The monoisotopic (exact) mass is 446 g/mol. The summed E-state index contributed by atoms with van der Waals surface area (Å²) in [6.45, 7) is 4.45. The van der Waals surface area contributed by atoms with Gasteiger partial charge in [0.2, 0.25) is 0 Å². The summed E-state index contributed by atoms with van der Waals surface area (Å²) < 4.78 is 4.82. The minimum Gasteiger partial charge on any atom is -0.469 e. The molecule has 0 aliphatic carbocycles. The van der Waals surface area contributed by atoms with Gasteiger partial charge in [-0.25, -0.2) is 0 Å². The maximum absolute atomic E-state index is 11.6. The Balaban J connectivity index is 0.00000288. The third kappa shape index (κ3) is 5.92. The van der Waals surface area contributed by atoms with Crippen molar-refractivity contribution in [3.8, 4) is 0 Å². The SMILES string of the molecule is CN=C(NCCc1ccc(C)nc1)N1CCC(C(=O)OC)CC1.I. The largest absolute Gasteiger partial charge is 0.469 e. The van der Waals surface area contributed by atoms with E-state index in [1.807, 2.05) is 19.2 Å². The summed E-state index contributed by atoms with van der Waals surface area (Å²) in [5, 5.41) is 3.39. The van der Waals surface area contributed by atoms with Crippen LogP contribution in [-0.2, 0) is 16.0 Å². The van der Waals surface area contributed by atoms with Crippen LogP contribution >= 0.6 is 24.0 Å². The van der Waals surface area contributed by atoms with E-state index in [0.717, 1.165) is 50.6 Å². The predicted octanol–water partition coefficient (Wildman–Crippen LogP) is 2.01. The highest BCUT2D eigenvalue weighted by Gasteiger charge is 2.26. The standard InChI is InChI=1S/C17H26N4O2.HI/c1-13-4-5-14(12-20-13)6-9-19-17(18-2)21-10-7-15(8-11-21)16(22)23-3;/h4-5,12,15H,6-11H2,1-3H3,(H,18,19);1H. The third-order valence-corrected chi connectivity index (χ3v) is 4.21. The zero-order valence-corrected chi connectivity index (χ0v) is 16.9. The van der Waals surface area contributed by atoms with E-state index in [4.69, 9.17) is 4.74 Å². The van der Waals surface area contributed by atoms with Gasteiger partial charge in [0.1, 0.15) is 0 Å². The van der Waals surface area contributed by atoms with Gasteiger partial charge < -0.3 is 15.0 Å². The van der Waals surface area contributed by atoms with Crippen LogP contribution in [0.2, 0.25) is 0 Å². The summed E-state index contributed by atoms with van der Waals surface area (Å²) in [5.41, 5.74) is 2.24. The summed E-state index contributed by atoms with van der Waals surface area (Å²) in [4.78, 5) is 22.4. The number of halogens is 1. The van der Waals surface area contributed by atoms with Gasteiger partial charge in [0.05, 0.1) is 13.0 Å². The zero-order valence-electron chi connectivity index (χ0n) is 14.6. The first-order valence-corrected chi connectivity index (χ1v) is 8.09. The minimum atomic E-state index is -0.0977. The van der Waals surface area contributed by atoms with Gasteiger partial charge in [-0.2, -0.15) is 0 Å². The number of aromatic nitrogens is 1. The van der Waals surface area contributed by atoms with E-state index >= 15 is 0 Å². The van der Waals surface area contributed by atoms with Gasteiger partial charge in [0, 0.05) is 38.6 Å². The molecule has 0 atom stereocenters. The number of hydrogen-bond acceptors (Lipinski definition) is 4. The van der Waals surface area contributed by atoms with Crippen molar-refractivity contribution in [2.75, 3.05) is 33.8 Å². The molecular weight excluding hydrogens is 419 g/mol. The van der Waals surface area contributed by atoms with Crippen molar-refractivity contribution < 1.29 is 9.53 Å². The Bertz CT molecular complexity index is 540. The first-order valence-electron chi connectivity index (χ1n) is 8.09. The second-order valence-electron chi connectivity index (χ2n) is 5.82. The Labute approximate surface area is 161 Å². The third-order valence-electron chi connectivity index (χ3n) is 4.21. The van der Waals surface area contributed by atoms with Gasteiger partial charge in [-0.15, -0.1) is 24.0 Å². The fraction of sp³-hybridized carbons (Fsp3) is 0.588. The molecule has 1 N–H and O–H groups in total. The van der Waals surface area contributed by atoms with Crippen LogP contribution in [0.3, 0.4) is 0 Å². The molecule has 0 unspecified atom stereocenters. The molecule has 0 aromatic carbocycles. The highest BCUT2D eigenvalue weighted by Crippen LogP contribution is 2.18. The number of carbonyl (C=O) groups excluding carboxylic acids is 1. The molecule has 0 saturated carbocycles. The molecule has 1 aliphatic heterocycles. The van der Waals surface area contributed by atoms with Gasteiger partial charge in [0.25, 0.3) is 0 Å². The molecule has 1 saturated heterocycles. The van der Waals surface area contributed by atoms with Crippen molar-refractivity contribution in [3.05, 3.63) is 29.6 Å². The lowest BCUT2D eigenvalue weighted by Gasteiger charge is -2.33. The quantitative estimate of drug-likeness (QED) is 0.332. The Hall–Kier alpha value is -1.38. The first-order chi connectivity index (χ1) is 11.1. The van der Waals surface area contributed by atoms with E-state index in [9.17, 15) is 4.79 Å². The van der Waals surface area contributed by atoms with Crippen LogP contribution in [0, 0.1) is 12.8 Å². The van der Waals surface area contributed by atoms with Crippen molar-refractivity contribution in [2.24, 2.45) is 10.9 Å². The fourth-order valence-corrected chi connectivity index (χ4v) is 2.79. The molecule has 134 valence electrons. The van der Waals surface area contributed by atoms with Gasteiger partial charge in [-0.05, 0) is 37.8 Å². The van der Waals surface area contributed by atoms with Crippen LogP contribution in [0.25, 0.3) is 0 Å². The Morgan fingerprint density at radius 1 is 1.42 bits per heavy atom. The molecule has 1 aromatic rings. The summed E-state index contributed by atoms with van der Waals surface area (Å²) in [7, 11) is 3.25. The van der Waals surface area contributed by atoms with E-state index < -0.39 is 0 Å². The van der Waals surface area contributed by atoms with Crippen molar-refractivity contribution in [3.63, 3.8) is 0 Å². The van der Waals surface area contributed by atoms with E-state index in [-0.39, 0.29) is 35.9 Å². The van der Waals surface area contributed by atoms with Crippen molar-refractivity contribution >= 4 is 35.9 Å². The molecule has 2 rings (SSSR count). The number of piperidine rings is 1. The number of aryl methyl sites for hydroxylation is 1. The lowest BCUT2D eigenvalue weighted by atomic mass is 9.97. The van der Waals surface area contributed by atoms with Crippen molar-refractivity contribution in [1.82, 2.24) is 15.2 Å². The number of ether oxygens (including phenoxy) is 1. The minimum absolute atomic E-state index is 0. The highest BCUT2D eigenvalue weighted by atomic mass is 127. The van der Waals surface area contributed by atoms with Crippen molar-refractivity contribution in [1.29, 1.82) is 0 Å². The number of esters is 1. The summed E-state index contributed by atoms with van der Waals surface area (Å²) >= 11 is 0. The highest BCUT2D eigenvalue weighted by molar-refractivity contribution is 14.0. The second kappa shape index (κ2) is 10.5. The van der Waals surface area contributed by atoms with Gasteiger partial charge >= 0.3 is 5.97 Å². The van der Waals surface area contributed by atoms with Crippen LogP contribution in [-0.4, -0.2) is 55.6 Å². The second-order valence-corrected chi connectivity index (χ2v) is 5.82. The average Bonchev–Trinajstić information content (AvgIpc) is 2.60. The number of hydrogen-bond donors (Lipinski definition) is 1. The Kier molecular flexibility index (Phi) is 9.02. The van der Waals surface area contributed by atoms with E-state index in [1.165, 1.54) is 12.7 Å². The maximum Gasteiger partial charge on any atom is 0.308 e. The molecule has 0 radical (unpaired) electrons.